The fraction of sp³-hybridized carbons (Fsp3) is 0.316. The number of methoxy groups -OCH3 is 2. The lowest BCUT2D eigenvalue weighted by Gasteiger charge is -2.13. The van der Waals surface area contributed by atoms with Crippen molar-refractivity contribution < 1.29 is 9.47 Å². The Labute approximate surface area is 166 Å². The lowest BCUT2D eigenvalue weighted by atomic mass is 10.0. The number of halogens is 1. The summed E-state index contributed by atoms with van der Waals surface area (Å²) >= 11 is 0. The molecule has 0 saturated carbocycles. The van der Waals surface area contributed by atoms with Crippen LogP contribution in [0.25, 0.3) is 0 Å². The van der Waals surface area contributed by atoms with Crippen LogP contribution in [-0.2, 0) is 6.54 Å². The molecule has 1 atom stereocenters. The molecule has 6 heteroatoms. The van der Waals surface area contributed by atoms with Crippen LogP contribution in [0.4, 0.5) is 0 Å². The second kappa shape index (κ2) is 10.8. The van der Waals surface area contributed by atoms with Gasteiger partial charge in [0.25, 0.3) is 0 Å². The zero-order valence-electron chi connectivity index (χ0n) is 14.9. The highest BCUT2D eigenvalue weighted by Crippen LogP contribution is 2.27. The van der Waals surface area contributed by atoms with Gasteiger partial charge in [-0.3, -0.25) is 0 Å². The maximum Gasteiger partial charge on any atom is 0.188 e. The van der Waals surface area contributed by atoms with E-state index in [2.05, 4.69) is 29.4 Å². The molecule has 0 heterocycles. The maximum atomic E-state index is 5.96. The van der Waals surface area contributed by atoms with Gasteiger partial charge in [0.1, 0.15) is 0 Å². The molecule has 0 aromatic heterocycles. The number of hydrogen-bond donors (Lipinski definition) is 2. The highest BCUT2D eigenvalue weighted by atomic mass is 127. The number of aliphatic imine (C=N–C) groups is 1. The van der Waals surface area contributed by atoms with Gasteiger partial charge in [0.2, 0.25) is 0 Å². The number of nitrogens with one attached hydrogen (secondary N) is 1. The molecule has 0 aliphatic heterocycles. The number of nitrogens with two attached hydrogens (primary N) is 1. The number of benzene rings is 2. The summed E-state index contributed by atoms with van der Waals surface area (Å²) in [5.74, 6) is 2.19. The molecule has 0 radical (unpaired) electrons. The van der Waals surface area contributed by atoms with Crippen molar-refractivity contribution >= 4 is 29.9 Å². The van der Waals surface area contributed by atoms with E-state index in [1.807, 2.05) is 36.4 Å². The van der Waals surface area contributed by atoms with Gasteiger partial charge >= 0.3 is 0 Å². The number of hydrogen-bond acceptors (Lipinski definition) is 3. The highest BCUT2D eigenvalue weighted by Gasteiger charge is 2.06. The van der Waals surface area contributed by atoms with Crippen LogP contribution < -0.4 is 20.5 Å². The number of rotatable bonds is 7. The maximum absolute atomic E-state index is 5.96. The molecule has 0 saturated heterocycles. The van der Waals surface area contributed by atoms with Gasteiger partial charge in [-0.2, -0.15) is 0 Å². The van der Waals surface area contributed by atoms with Crippen molar-refractivity contribution in [2.24, 2.45) is 10.7 Å². The predicted molar refractivity (Wildman–Crippen MR) is 113 cm³/mol. The first-order chi connectivity index (χ1) is 11.6. The minimum Gasteiger partial charge on any atom is -0.493 e. The molecular formula is C19H26IN3O2. The largest absolute Gasteiger partial charge is 0.493 e. The lowest BCUT2D eigenvalue weighted by molar-refractivity contribution is 0.354. The van der Waals surface area contributed by atoms with E-state index in [-0.39, 0.29) is 24.0 Å². The van der Waals surface area contributed by atoms with Crippen LogP contribution in [0.3, 0.4) is 0 Å². The summed E-state index contributed by atoms with van der Waals surface area (Å²) in [6.45, 7) is 3.38. The summed E-state index contributed by atoms with van der Waals surface area (Å²) in [6.07, 6.45) is 0. The molecule has 0 aliphatic carbocycles. The van der Waals surface area contributed by atoms with Gasteiger partial charge in [0.05, 0.1) is 20.8 Å². The van der Waals surface area contributed by atoms with E-state index in [0.717, 1.165) is 12.1 Å². The standard InChI is InChI=1S/C19H25N3O2.HI/c1-14(16-7-5-4-6-8-16)12-21-19(20)22-13-15-9-10-17(23-2)18(11-15)24-3;/h4-11,14H,12-13H2,1-3H3,(H3,20,21,22);1H. The molecule has 25 heavy (non-hydrogen) atoms. The van der Waals surface area contributed by atoms with Crippen LogP contribution in [0, 0.1) is 0 Å². The average Bonchev–Trinajstić information content (AvgIpc) is 2.64. The zero-order valence-corrected chi connectivity index (χ0v) is 17.2. The normalized spacial score (nSPS) is 12.0. The molecule has 0 fully saturated rings. The summed E-state index contributed by atoms with van der Waals surface area (Å²) in [4.78, 5) is 4.38. The second-order valence-corrected chi connectivity index (χ2v) is 5.58. The second-order valence-electron chi connectivity index (χ2n) is 5.58. The van der Waals surface area contributed by atoms with Crippen LogP contribution >= 0.6 is 24.0 Å². The quantitative estimate of drug-likeness (QED) is 0.381. The van der Waals surface area contributed by atoms with E-state index in [1.54, 1.807) is 14.2 Å². The Hall–Kier alpha value is -1.96. The molecule has 0 spiro atoms. The first-order valence-corrected chi connectivity index (χ1v) is 7.93. The number of nitrogens with zero attached hydrogens (tertiary/aromatic N) is 1. The van der Waals surface area contributed by atoms with Crippen LogP contribution in [0.2, 0.25) is 0 Å². The summed E-state index contributed by atoms with van der Waals surface area (Å²) in [5, 5.41) is 3.17. The van der Waals surface area contributed by atoms with E-state index in [0.29, 0.717) is 29.9 Å². The summed E-state index contributed by atoms with van der Waals surface area (Å²) in [6, 6.07) is 16.0. The smallest absolute Gasteiger partial charge is 0.188 e. The summed E-state index contributed by atoms with van der Waals surface area (Å²) in [5.41, 5.74) is 8.24. The summed E-state index contributed by atoms with van der Waals surface area (Å²) < 4.78 is 10.5. The van der Waals surface area contributed by atoms with Crippen LogP contribution in [-0.4, -0.2) is 26.7 Å². The number of guanidine groups is 1. The van der Waals surface area contributed by atoms with Crippen molar-refractivity contribution in [2.75, 3.05) is 20.8 Å². The Balaban J connectivity index is 0.00000312. The molecule has 0 amide bonds. The number of ether oxygens (including phenoxy) is 2. The van der Waals surface area contributed by atoms with E-state index < -0.39 is 0 Å². The van der Waals surface area contributed by atoms with Gasteiger partial charge < -0.3 is 20.5 Å². The Morgan fingerprint density at radius 2 is 1.76 bits per heavy atom. The first-order valence-electron chi connectivity index (χ1n) is 7.93. The van der Waals surface area contributed by atoms with Crippen molar-refractivity contribution in [2.45, 2.75) is 19.4 Å². The molecule has 136 valence electrons. The first kappa shape index (κ1) is 21.1. The topological polar surface area (TPSA) is 68.9 Å². The molecule has 2 aromatic rings. The van der Waals surface area contributed by atoms with Gasteiger partial charge in [0.15, 0.2) is 17.5 Å². The van der Waals surface area contributed by atoms with Crippen molar-refractivity contribution in [3.05, 3.63) is 59.7 Å². The summed E-state index contributed by atoms with van der Waals surface area (Å²) in [7, 11) is 3.23. The van der Waals surface area contributed by atoms with E-state index in [4.69, 9.17) is 15.2 Å². The molecule has 0 aliphatic rings. The van der Waals surface area contributed by atoms with E-state index in [1.165, 1.54) is 5.56 Å². The molecular weight excluding hydrogens is 429 g/mol. The molecule has 2 aromatic carbocycles. The van der Waals surface area contributed by atoms with E-state index >= 15 is 0 Å². The van der Waals surface area contributed by atoms with Crippen LogP contribution in [0.1, 0.15) is 24.0 Å². The Morgan fingerprint density at radius 3 is 2.40 bits per heavy atom. The fourth-order valence-corrected chi connectivity index (χ4v) is 2.37. The van der Waals surface area contributed by atoms with Gasteiger partial charge in [-0.1, -0.05) is 43.3 Å². The molecule has 2 rings (SSSR count). The monoisotopic (exact) mass is 455 g/mol. The van der Waals surface area contributed by atoms with Crippen molar-refractivity contribution in [3.63, 3.8) is 0 Å². The third-order valence-electron chi connectivity index (χ3n) is 3.84. The van der Waals surface area contributed by atoms with Crippen LogP contribution in [0.15, 0.2) is 53.5 Å². The van der Waals surface area contributed by atoms with Crippen molar-refractivity contribution in [3.8, 4) is 11.5 Å². The van der Waals surface area contributed by atoms with Gasteiger partial charge in [-0.15, -0.1) is 24.0 Å². The Bertz CT molecular complexity index is 678. The molecule has 0 bridgehead atoms. The van der Waals surface area contributed by atoms with E-state index in [9.17, 15) is 0 Å². The minimum atomic E-state index is 0. The minimum absolute atomic E-state index is 0. The van der Waals surface area contributed by atoms with Crippen molar-refractivity contribution in [1.82, 2.24) is 5.32 Å². The Kier molecular flexibility index (Phi) is 9.12. The molecule has 5 nitrogen and oxygen atoms in total. The Morgan fingerprint density at radius 1 is 1.08 bits per heavy atom. The zero-order chi connectivity index (χ0) is 17.4. The van der Waals surface area contributed by atoms with Crippen molar-refractivity contribution in [1.29, 1.82) is 0 Å². The van der Waals surface area contributed by atoms with Crippen LogP contribution in [0.5, 0.6) is 11.5 Å². The van der Waals surface area contributed by atoms with Gasteiger partial charge in [-0.05, 0) is 29.2 Å². The highest BCUT2D eigenvalue weighted by molar-refractivity contribution is 14.0. The third-order valence-corrected chi connectivity index (χ3v) is 3.84. The average molecular weight is 455 g/mol. The molecule has 1 unspecified atom stereocenters. The SMILES string of the molecule is COc1ccc(CN=C(N)NCC(C)c2ccccc2)cc1OC.I. The third kappa shape index (κ3) is 6.45. The molecule has 3 N–H and O–H groups in total. The van der Waals surface area contributed by atoms with Gasteiger partial charge in [0, 0.05) is 6.54 Å². The van der Waals surface area contributed by atoms with Gasteiger partial charge in [-0.25, -0.2) is 4.99 Å². The predicted octanol–water partition coefficient (Wildman–Crippen LogP) is 3.53. The lowest BCUT2D eigenvalue weighted by Crippen LogP contribution is -2.34. The fourth-order valence-electron chi connectivity index (χ4n) is 2.37.